The van der Waals surface area contributed by atoms with Gasteiger partial charge in [-0.15, -0.1) is 6.42 Å². The van der Waals surface area contributed by atoms with Gasteiger partial charge in [0.1, 0.15) is 53.4 Å². The van der Waals surface area contributed by atoms with Crippen LogP contribution in [0, 0.1) is 24.0 Å². The van der Waals surface area contributed by atoms with E-state index in [0.717, 1.165) is 32.2 Å². The van der Waals surface area contributed by atoms with Crippen molar-refractivity contribution in [2.24, 2.45) is 0 Å². The van der Waals surface area contributed by atoms with Crippen LogP contribution in [0.4, 0.5) is 19.0 Å². The number of likely N-dealkylation sites (N-methyl/N-ethyl adjacent to an activating group) is 1. The van der Waals surface area contributed by atoms with Crippen LogP contribution in [0.15, 0.2) is 24.3 Å². The monoisotopic (exact) mass is 673 g/mol. The molecule has 4 atom stereocenters. The van der Waals surface area contributed by atoms with Crippen LogP contribution in [-0.2, 0) is 0 Å². The zero-order valence-electron chi connectivity index (χ0n) is 27.2. The highest BCUT2D eigenvalue weighted by Crippen LogP contribution is 2.44. The van der Waals surface area contributed by atoms with Gasteiger partial charge in [-0.05, 0) is 62.9 Å². The molecule has 4 aliphatic heterocycles. The molecule has 2 bridgehead atoms. The van der Waals surface area contributed by atoms with E-state index in [9.17, 15) is 9.50 Å². The molecule has 0 amide bonds. The highest BCUT2D eigenvalue weighted by atomic mass is 19.1. The van der Waals surface area contributed by atoms with Crippen molar-refractivity contribution in [2.75, 3.05) is 57.9 Å². The minimum absolute atomic E-state index is 0.0368. The number of fused-ring (bicyclic) bond motifs is 5. The van der Waals surface area contributed by atoms with Crippen LogP contribution in [0.5, 0.6) is 17.6 Å². The Morgan fingerprint density at radius 1 is 1.10 bits per heavy atom. The summed E-state index contributed by atoms with van der Waals surface area (Å²) in [5, 5.41) is 18.3. The largest absolute Gasteiger partial charge is 0.508 e. The van der Waals surface area contributed by atoms with E-state index in [1.165, 1.54) is 24.3 Å². The zero-order chi connectivity index (χ0) is 33.9. The minimum atomic E-state index is -0.938. The number of phenols is 1. The number of aromatic nitrogens is 3. The molecule has 4 aromatic rings. The molecule has 4 fully saturated rings. The second-order valence-electron chi connectivity index (χ2n) is 13.6. The molecule has 0 radical (unpaired) electrons. The summed E-state index contributed by atoms with van der Waals surface area (Å²) in [5.41, 5.74) is -0.781. The lowest BCUT2D eigenvalue weighted by Crippen LogP contribution is -2.51. The second kappa shape index (κ2) is 12.5. The molecule has 256 valence electrons. The van der Waals surface area contributed by atoms with Crippen LogP contribution in [0.25, 0.3) is 32.9 Å². The van der Waals surface area contributed by atoms with Gasteiger partial charge in [0, 0.05) is 55.6 Å². The van der Waals surface area contributed by atoms with Crippen LogP contribution in [0.1, 0.15) is 37.7 Å². The normalized spacial score (nSPS) is 24.9. The number of rotatable bonds is 9. The van der Waals surface area contributed by atoms with Gasteiger partial charge in [0.15, 0.2) is 5.82 Å². The Bertz CT molecular complexity index is 1980. The number of hydrogen-bond acceptors (Lipinski definition) is 10. The van der Waals surface area contributed by atoms with Crippen LogP contribution < -0.4 is 25.0 Å². The number of ether oxygens (including phenoxy) is 2. The standard InChI is InChI=1S/C36H38F3N7O3/c1-3-25-27(38)8-5-20-13-24(47)14-26(28(20)25)31-30(39)32-29(34(42-31)48-12-10-40-2)33(45-17-22-6-7-23(18-45)41-22)44-35(43-32)49-19-36-9-4-11-46(36)16-21(37)15-36/h1,5,8,13-14,21-23,40-41,47H,4,6-7,9-12,15-19H2,2H3/t21-,22?,23?,36+/m1/s1. The van der Waals surface area contributed by atoms with Crippen LogP contribution in [0.2, 0.25) is 0 Å². The molecule has 13 heteroatoms. The van der Waals surface area contributed by atoms with Crippen molar-refractivity contribution in [1.82, 2.24) is 30.5 Å². The second-order valence-corrected chi connectivity index (χ2v) is 13.6. The fraction of sp³-hybridized carbons (Fsp3) is 0.472. The summed E-state index contributed by atoms with van der Waals surface area (Å²) >= 11 is 0. The van der Waals surface area contributed by atoms with Crippen LogP contribution >= 0.6 is 0 Å². The third-order valence-electron chi connectivity index (χ3n) is 10.5. The lowest BCUT2D eigenvalue weighted by atomic mass is 9.95. The maximum atomic E-state index is 17.2. The number of aromatic hydroxyl groups is 1. The molecule has 6 heterocycles. The molecule has 8 rings (SSSR count). The molecule has 0 spiro atoms. The molecule has 2 unspecified atom stereocenters. The summed E-state index contributed by atoms with van der Waals surface area (Å²) in [6.45, 7) is 3.26. The van der Waals surface area contributed by atoms with Crippen LogP contribution in [-0.4, -0.2) is 102 Å². The van der Waals surface area contributed by atoms with Gasteiger partial charge in [-0.1, -0.05) is 12.0 Å². The first-order valence-corrected chi connectivity index (χ1v) is 16.9. The van der Waals surface area contributed by atoms with Gasteiger partial charge in [0.05, 0.1) is 11.1 Å². The van der Waals surface area contributed by atoms with E-state index >= 15 is 8.78 Å². The number of piperazine rings is 1. The van der Waals surface area contributed by atoms with Crippen molar-refractivity contribution in [3.8, 4) is 41.2 Å². The molecular formula is C36H38F3N7O3. The molecule has 49 heavy (non-hydrogen) atoms. The highest BCUT2D eigenvalue weighted by Gasteiger charge is 2.49. The molecule has 4 aliphatic rings. The highest BCUT2D eigenvalue weighted by molar-refractivity contribution is 6.04. The van der Waals surface area contributed by atoms with E-state index in [2.05, 4.69) is 31.3 Å². The Hall–Kier alpha value is -4.38. The first kappa shape index (κ1) is 31.9. The average molecular weight is 674 g/mol. The third-order valence-corrected chi connectivity index (χ3v) is 10.5. The topological polar surface area (TPSA) is 108 Å². The van der Waals surface area contributed by atoms with E-state index in [4.69, 9.17) is 25.9 Å². The van der Waals surface area contributed by atoms with Gasteiger partial charge < -0.3 is 30.1 Å². The summed E-state index contributed by atoms with van der Waals surface area (Å²) in [7, 11) is 1.79. The lowest BCUT2D eigenvalue weighted by molar-refractivity contribution is 0.107. The van der Waals surface area contributed by atoms with Crippen molar-refractivity contribution >= 4 is 27.5 Å². The zero-order valence-corrected chi connectivity index (χ0v) is 27.2. The number of hydrogen-bond donors (Lipinski definition) is 3. The first-order chi connectivity index (χ1) is 23.8. The number of terminal acetylenes is 1. The van der Waals surface area contributed by atoms with Gasteiger partial charge in [0.25, 0.3) is 0 Å². The maximum absolute atomic E-state index is 17.2. The van der Waals surface area contributed by atoms with Gasteiger partial charge in [-0.25, -0.2) is 18.2 Å². The fourth-order valence-electron chi connectivity index (χ4n) is 8.30. The number of anilines is 1. The lowest BCUT2D eigenvalue weighted by Gasteiger charge is -2.35. The fourth-order valence-corrected chi connectivity index (χ4v) is 8.30. The van der Waals surface area contributed by atoms with E-state index in [1.54, 1.807) is 7.05 Å². The smallest absolute Gasteiger partial charge is 0.319 e. The summed E-state index contributed by atoms with van der Waals surface area (Å²) in [6, 6.07) is 5.86. The SMILES string of the molecule is C#Cc1c(F)ccc2cc(O)cc(-c3nc(OCCNC)c4c(N5CC6CCC(C5)N6)nc(OC[C@@]56CCCN5C[C@H](F)C6)nc4c3F)c12. The van der Waals surface area contributed by atoms with Crippen LogP contribution in [0.3, 0.4) is 0 Å². The Balaban J connectivity index is 1.34. The average Bonchev–Trinajstić information content (AvgIpc) is 3.74. The molecule has 2 aromatic heterocycles. The summed E-state index contributed by atoms with van der Waals surface area (Å²) in [5.74, 6) is 1.24. The van der Waals surface area contributed by atoms with Crippen molar-refractivity contribution in [3.05, 3.63) is 41.5 Å². The quantitative estimate of drug-likeness (QED) is 0.176. The summed E-state index contributed by atoms with van der Waals surface area (Å²) < 4.78 is 59.4. The number of pyridine rings is 1. The van der Waals surface area contributed by atoms with E-state index in [1.807, 2.05) is 0 Å². The van der Waals surface area contributed by atoms with E-state index in [0.29, 0.717) is 43.8 Å². The Kier molecular flexibility index (Phi) is 8.13. The van der Waals surface area contributed by atoms with Crippen molar-refractivity contribution in [2.45, 2.75) is 55.9 Å². The molecule has 10 nitrogen and oxygen atoms in total. The van der Waals surface area contributed by atoms with Gasteiger partial charge in [-0.3, -0.25) is 4.90 Å². The summed E-state index contributed by atoms with van der Waals surface area (Å²) in [6.07, 6.45) is 8.93. The molecule has 0 aliphatic carbocycles. The number of alkyl halides is 1. The Morgan fingerprint density at radius 2 is 1.92 bits per heavy atom. The van der Waals surface area contributed by atoms with Crippen molar-refractivity contribution in [3.63, 3.8) is 0 Å². The molecule has 3 N–H and O–H groups in total. The molecule has 2 aromatic carbocycles. The number of phenolic OH excluding ortho intramolecular Hbond substituents is 1. The Labute approximate surface area is 282 Å². The van der Waals surface area contributed by atoms with Crippen molar-refractivity contribution in [1.29, 1.82) is 0 Å². The maximum Gasteiger partial charge on any atom is 0.319 e. The minimum Gasteiger partial charge on any atom is -0.508 e. The number of benzene rings is 2. The summed E-state index contributed by atoms with van der Waals surface area (Å²) in [4.78, 5) is 18.5. The predicted molar refractivity (Wildman–Crippen MR) is 180 cm³/mol. The number of nitrogens with one attached hydrogen (secondary N) is 2. The predicted octanol–water partition coefficient (Wildman–Crippen LogP) is 4.30. The molecule has 0 saturated carbocycles. The van der Waals surface area contributed by atoms with Gasteiger partial charge in [-0.2, -0.15) is 9.97 Å². The van der Waals surface area contributed by atoms with E-state index in [-0.39, 0.29) is 76.0 Å². The number of halogens is 3. The Morgan fingerprint density at radius 3 is 2.69 bits per heavy atom. The van der Waals surface area contributed by atoms with E-state index < -0.39 is 23.3 Å². The van der Waals surface area contributed by atoms with Gasteiger partial charge in [0.2, 0.25) is 5.88 Å². The van der Waals surface area contributed by atoms with Crippen molar-refractivity contribution < 1.29 is 27.8 Å². The molecule has 4 saturated heterocycles. The number of nitrogens with zero attached hydrogens (tertiary/aromatic N) is 5. The third kappa shape index (κ3) is 5.56. The first-order valence-electron chi connectivity index (χ1n) is 16.9. The molecular weight excluding hydrogens is 635 g/mol. The van der Waals surface area contributed by atoms with Gasteiger partial charge >= 0.3 is 6.01 Å².